The van der Waals surface area contributed by atoms with E-state index in [2.05, 4.69) is 5.32 Å². The number of likely N-dealkylation sites (N-methyl/N-ethyl adjacent to an activating group) is 1. The highest BCUT2D eigenvalue weighted by Crippen LogP contribution is 2.30. The smallest absolute Gasteiger partial charge is 0.255 e. The van der Waals surface area contributed by atoms with E-state index in [-0.39, 0.29) is 5.91 Å². The number of nitrogens with one attached hydrogen (secondary N) is 1. The summed E-state index contributed by atoms with van der Waals surface area (Å²) in [5, 5.41) is 2.84. The highest BCUT2D eigenvalue weighted by molar-refractivity contribution is 5.97. The lowest BCUT2D eigenvalue weighted by Gasteiger charge is -2.13. The molecular weight excluding hydrogens is 232 g/mol. The quantitative estimate of drug-likeness (QED) is 0.820. The Balaban J connectivity index is 2.79. The first-order valence-corrected chi connectivity index (χ1v) is 5.74. The van der Waals surface area contributed by atoms with Crippen molar-refractivity contribution in [1.29, 1.82) is 0 Å². The molecule has 0 saturated carbocycles. The van der Waals surface area contributed by atoms with Gasteiger partial charge in [-0.05, 0) is 26.2 Å². The third kappa shape index (κ3) is 3.63. The second kappa shape index (κ2) is 6.86. The third-order valence-electron chi connectivity index (χ3n) is 2.49. The molecule has 1 amide bonds. The predicted octanol–water partition coefficient (Wildman–Crippen LogP) is 0.995. The van der Waals surface area contributed by atoms with Crippen molar-refractivity contribution >= 4 is 5.91 Å². The molecule has 0 aliphatic heterocycles. The number of methoxy groups -OCH3 is 2. The summed E-state index contributed by atoms with van der Waals surface area (Å²) in [5.74, 6) is 0.854. The second-order valence-corrected chi connectivity index (χ2v) is 4.10. The van der Waals surface area contributed by atoms with Crippen LogP contribution in [-0.2, 0) is 0 Å². The largest absolute Gasteiger partial charge is 0.493 e. The fraction of sp³-hybridized carbons (Fsp3) is 0.462. The molecule has 0 fully saturated rings. The summed E-state index contributed by atoms with van der Waals surface area (Å²) in [7, 11) is 6.98. The van der Waals surface area contributed by atoms with Gasteiger partial charge in [-0.15, -0.1) is 0 Å². The number of hydrogen-bond acceptors (Lipinski definition) is 4. The molecule has 0 saturated heterocycles. The zero-order valence-electron chi connectivity index (χ0n) is 11.3. The Hall–Kier alpha value is -1.75. The number of carbonyl (C=O) groups is 1. The van der Waals surface area contributed by atoms with Gasteiger partial charge in [0, 0.05) is 13.1 Å². The summed E-state index contributed by atoms with van der Waals surface area (Å²) in [6.45, 7) is 1.38. The van der Waals surface area contributed by atoms with Crippen LogP contribution in [0, 0.1) is 0 Å². The van der Waals surface area contributed by atoms with Gasteiger partial charge < -0.3 is 19.7 Å². The van der Waals surface area contributed by atoms with E-state index in [1.54, 1.807) is 25.3 Å². The molecule has 100 valence electrons. The summed E-state index contributed by atoms with van der Waals surface area (Å²) in [5.41, 5.74) is 0.482. The van der Waals surface area contributed by atoms with Gasteiger partial charge in [0.25, 0.3) is 5.91 Å². The van der Waals surface area contributed by atoms with Crippen LogP contribution in [0.3, 0.4) is 0 Å². The molecule has 5 heteroatoms. The first-order valence-electron chi connectivity index (χ1n) is 5.74. The zero-order chi connectivity index (χ0) is 13.5. The van der Waals surface area contributed by atoms with E-state index in [4.69, 9.17) is 9.47 Å². The SMILES string of the molecule is COc1cccc(C(=O)NCCN(C)C)c1OC. The van der Waals surface area contributed by atoms with Crippen LogP contribution in [0.15, 0.2) is 18.2 Å². The van der Waals surface area contributed by atoms with Crippen LogP contribution < -0.4 is 14.8 Å². The third-order valence-corrected chi connectivity index (χ3v) is 2.49. The first kappa shape index (κ1) is 14.3. The van der Waals surface area contributed by atoms with Crippen molar-refractivity contribution in [2.45, 2.75) is 0 Å². The van der Waals surface area contributed by atoms with Crippen molar-refractivity contribution in [3.05, 3.63) is 23.8 Å². The van der Waals surface area contributed by atoms with E-state index in [9.17, 15) is 4.79 Å². The minimum atomic E-state index is -0.160. The van der Waals surface area contributed by atoms with Crippen molar-refractivity contribution in [2.75, 3.05) is 41.4 Å². The summed E-state index contributed by atoms with van der Waals surface area (Å²) >= 11 is 0. The second-order valence-electron chi connectivity index (χ2n) is 4.10. The minimum absolute atomic E-state index is 0.160. The van der Waals surface area contributed by atoms with Gasteiger partial charge in [-0.3, -0.25) is 4.79 Å². The molecule has 0 aliphatic rings. The average molecular weight is 252 g/mol. The predicted molar refractivity (Wildman–Crippen MR) is 70.4 cm³/mol. The van der Waals surface area contributed by atoms with Crippen molar-refractivity contribution in [1.82, 2.24) is 10.2 Å². The molecule has 0 heterocycles. The maximum absolute atomic E-state index is 12.0. The fourth-order valence-electron chi connectivity index (χ4n) is 1.55. The van der Waals surface area contributed by atoms with Crippen LogP contribution in [-0.4, -0.2) is 52.2 Å². The Kier molecular flexibility index (Phi) is 5.45. The van der Waals surface area contributed by atoms with Crippen molar-refractivity contribution in [3.63, 3.8) is 0 Å². The van der Waals surface area contributed by atoms with Crippen LogP contribution in [0.2, 0.25) is 0 Å². The topological polar surface area (TPSA) is 50.8 Å². The molecule has 1 aromatic carbocycles. The number of hydrogen-bond donors (Lipinski definition) is 1. The molecule has 0 aliphatic carbocycles. The maximum atomic E-state index is 12.0. The number of rotatable bonds is 6. The molecule has 0 unspecified atom stereocenters. The van der Waals surface area contributed by atoms with E-state index in [0.29, 0.717) is 23.6 Å². The standard InChI is InChI=1S/C13H20N2O3/c1-15(2)9-8-14-13(16)10-6-5-7-11(17-3)12(10)18-4/h5-7H,8-9H2,1-4H3,(H,14,16). The number of ether oxygens (including phenoxy) is 2. The fourth-order valence-corrected chi connectivity index (χ4v) is 1.55. The maximum Gasteiger partial charge on any atom is 0.255 e. The molecule has 18 heavy (non-hydrogen) atoms. The van der Waals surface area contributed by atoms with Crippen molar-refractivity contribution < 1.29 is 14.3 Å². The average Bonchev–Trinajstić information content (AvgIpc) is 2.36. The molecule has 0 spiro atoms. The number of amides is 1. The Morgan fingerprint density at radius 3 is 2.56 bits per heavy atom. The molecule has 1 aromatic rings. The lowest BCUT2D eigenvalue weighted by molar-refractivity contribution is 0.0947. The molecule has 0 bridgehead atoms. The summed E-state index contributed by atoms with van der Waals surface area (Å²) in [4.78, 5) is 14.0. The van der Waals surface area contributed by atoms with Gasteiger partial charge in [0.1, 0.15) is 0 Å². The molecule has 1 N–H and O–H groups in total. The van der Waals surface area contributed by atoms with Gasteiger partial charge in [-0.25, -0.2) is 0 Å². The van der Waals surface area contributed by atoms with E-state index in [0.717, 1.165) is 6.54 Å². The van der Waals surface area contributed by atoms with E-state index >= 15 is 0 Å². The monoisotopic (exact) mass is 252 g/mol. The number of nitrogens with zero attached hydrogens (tertiary/aromatic N) is 1. The number of para-hydroxylation sites is 1. The van der Waals surface area contributed by atoms with Crippen LogP contribution in [0.5, 0.6) is 11.5 Å². The molecule has 0 aromatic heterocycles. The van der Waals surface area contributed by atoms with E-state index in [1.165, 1.54) is 7.11 Å². The Labute approximate surface area is 108 Å². The molecule has 0 radical (unpaired) electrons. The zero-order valence-corrected chi connectivity index (χ0v) is 11.3. The van der Waals surface area contributed by atoms with Crippen molar-refractivity contribution in [2.24, 2.45) is 0 Å². The van der Waals surface area contributed by atoms with Crippen molar-refractivity contribution in [3.8, 4) is 11.5 Å². The van der Waals surface area contributed by atoms with Gasteiger partial charge in [-0.2, -0.15) is 0 Å². The molecular formula is C13H20N2O3. The Bertz CT molecular complexity index is 405. The highest BCUT2D eigenvalue weighted by atomic mass is 16.5. The summed E-state index contributed by atoms with van der Waals surface area (Å²) in [6.07, 6.45) is 0. The van der Waals surface area contributed by atoms with Gasteiger partial charge in [0.05, 0.1) is 19.8 Å². The van der Waals surface area contributed by atoms with Gasteiger partial charge in [-0.1, -0.05) is 6.07 Å². The lowest BCUT2D eigenvalue weighted by atomic mass is 10.1. The van der Waals surface area contributed by atoms with Crippen LogP contribution in [0.1, 0.15) is 10.4 Å². The lowest BCUT2D eigenvalue weighted by Crippen LogP contribution is -2.31. The highest BCUT2D eigenvalue weighted by Gasteiger charge is 2.15. The van der Waals surface area contributed by atoms with Gasteiger partial charge in [0.15, 0.2) is 11.5 Å². The number of carbonyl (C=O) groups excluding carboxylic acids is 1. The summed E-state index contributed by atoms with van der Waals surface area (Å²) < 4.78 is 10.4. The van der Waals surface area contributed by atoms with Crippen LogP contribution in [0.25, 0.3) is 0 Å². The van der Waals surface area contributed by atoms with E-state index in [1.807, 2.05) is 19.0 Å². The molecule has 1 rings (SSSR count). The molecule has 0 atom stereocenters. The van der Waals surface area contributed by atoms with Gasteiger partial charge in [0.2, 0.25) is 0 Å². The first-order chi connectivity index (χ1) is 8.60. The van der Waals surface area contributed by atoms with E-state index < -0.39 is 0 Å². The number of benzene rings is 1. The van der Waals surface area contributed by atoms with Gasteiger partial charge >= 0.3 is 0 Å². The minimum Gasteiger partial charge on any atom is -0.493 e. The van der Waals surface area contributed by atoms with Crippen LogP contribution in [0.4, 0.5) is 0 Å². The molecule has 5 nitrogen and oxygen atoms in total. The Morgan fingerprint density at radius 2 is 2.00 bits per heavy atom. The van der Waals surface area contributed by atoms with Crippen LogP contribution >= 0.6 is 0 Å². The summed E-state index contributed by atoms with van der Waals surface area (Å²) in [6, 6.07) is 5.24. The Morgan fingerprint density at radius 1 is 1.28 bits per heavy atom. The normalized spacial score (nSPS) is 10.3.